The van der Waals surface area contributed by atoms with Gasteiger partial charge >= 0.3 is 5.51 Å². The van der Waals surface area contributed by atoms with Crippen LogP contribution in [0.2, 0.25) is 0 Å². The van der Waals surface area contributed by atoms with Gasteiger partial charge in [0.2, 0.25) is 11.0 Å². The predicted molar refractivity (Wildman–Crippen MR) is 124 cm³/mol. The van der Waals surface area contributed by atoms with E-state index in [9.17, 15) is 17.6 Å². The minimum absolute atomic E-state index is 0.317. The number of pyridine rings is 1. The zero-order valence-corrected chi connectivity index (χ0v) is 19.8. The number of rotatable bonds is 3. The van der Waals surface area contributed by atoms with Gasteiger partial charge in [-0.25, -0.2) is 12.8 Å². The molecule has 3 aromatic carbocycles. The molecule has 0 N–H and O–H groups in total. The molecule has 1 aromatic heterocycles. The molecule has 1 heterocycles. The normalized spacial score (nSPS) is 11.6. The fourth-order valence-electron chi connectivity index (χ4n) is 3.26. The SMILES string of the molecule is COc1ccc2c(C(=S)Oc3ccc(F)cc3)c3ccccc3[n+](C)c2c1.O=S(=O)([O-])C(F)(F)F. The summed E-state index contributed by atoms with van der Waals surface area (Å²) in [5.74, 6) is 0.952. The van der Waals surface area contributed by atoms with Crippen molar-refractivity contribution in [2.24, 2.45) is 7.05 Å². The molecule has 4 rings (SSSR count). The number of fused-ring (bicyclic) bond motifs is 2. The number of nitrogens with zero attached hydrogens (tertiary/aromatic N) is 1. The predicted octanol–water partition coefficient (Wildman–Crippen LogP) is 4.77. The van der Waals surface area contributed by atoms with Gasteiger partial charge in [0.1, 0.15) is 24.4 Å². The molecule has 0 fully saturated rings. The molecule has 0 radical (unpaired) electrons. The molecule has 0 atom stereocenters. The molecular weight excluding hydrogens is 510 g/mol. The van der Waals surface area contributed by atoms with E-state index in [4.69, 9.17) is 34.7 Å². The molecule has 0 saturated heterocycles. The number of hydrogen-bond donors (Lipinski definition) is 0. The molecule has 0 amide bonds. The van der Waals surface area contributed by atoms with Gasteiger partial charge in [-0.3, -0.25) is 0 Å². The first-order valence-corrected chi connectivity index (χ1v) is 11.5. The van der Waals surface area contributed by atoms with Gasteiger partial charge in [0.05, 0.1) is 29.5 Å². The molecule has 184 valence electrons. The second kappa shape index (κ2) is 10.1. The Kier molecular flexibility index (Phi) is 7.58. The number of ether oxygens (including phenoxy) is 2. The van der Waals surface area contributed by atoms with E-state index in [1.807, 2.05) is 49.5 Å². The Morgan fingerprint density at radius 3 is 2.06 bits per heavy atom. The Labute approximate surface area is 203 Å². The van der Waals surface area contributed by atoms with Crippen LogP contribution in [-0.2, 0) is 17.2 Å². The van der Waals surface area contributed by atoms with E-state index < -0.39 is 15.6 Å². The van der Waals surface area contributed by atoms with Crippen LogP contribution in [-0.4, -0.2) is 30.6 Å². The van der Waals surface area contributed by atoms with Crippen molar-refractivity contribution in [3.63, 3.8) is 0 Å². The van der Waals surface area contributed by atoms with Gasteiger partial charge in [0, 0.05) is 6.07 Å². The quantitative estimate of drug-likeness (QED) is 0.0954. The van der Waals surface area contributed by atoms with E-state index in [1.165, 1.54) is 12.1 Å². The lowest BCUT2D eigenvalue weighted by atomic mass is 10.0. The summed E-state index contributed by atoms with van der Waals surface area (Å²) in [6.45, 7) is 0. The van der Waals surface area contributed by atoms with Crippen molar-refractivity contribution in [1.82, 2.24) is 0 Å². The maximum Gasteiger partial charge on any atom is 0.485 e. The number of aryl methyl sites for hydroxylation is 1. The molecule has 0 aliphatic heterocycles. The summed E-state index contributed by atoms with van der Waals surface area (Å²) in [5.41, 5.74) is -2.81. The zero-order valence-electron chi connectivity index (χ0n) is 18.2. The summed E-state index contributed by atoms with van der Waals surface area (Å²) < 4.78 is 85.5. The maximum atomic E-state index is 13.2. The first-order chi connectivity index (χ1) is 16.3. The third-order valence-electron chi connectivity index (χ3n) is 4.88. The fourth-order valence-corrected chi connectivity index (χ4v) is 3.58. The number of halogens is 4. The van der Waals surface area contributed by atoms with E-state index in [0.29, 0.717) is 10.8 Å². The third kappa shape index (κ3) is 5.84. The van der Waals surface area contributed by atoms with E-state index in [0.717, 1.165) is 33.1 Å². The Hall–Kier alpha value is -3.35. The highest BCUT2D eigenvalue weighted by molar-refractivity contribution is 7.86. The molecule has 0 saturated carbocycles. The second-order valence-electron chi connectivity index (χ2n) is 7.08. The number of benzene rings is 3. The van der Waals surface area contributed by atoms with Crippen LogP contribution in [0.3, 0.4) is 0 Å². The van der Waals surface area contributed by atoms with Gasteiger partial charge in [-0.2, -0.15) is 17.7 Å². The van der Waals surface area contributed by atoms with Gasteiger partial charge in [-0.15, -0.1) is 0 Å². The van der Waals surface area contributed by atoms with Gasteiger partial charge in [-0.05, 0) is 54.7 Å². The first-order valence-electron chi connectivity index (χ1n) is 9.72. The Bertz CT molecular complexity index is 1500. The summed E-state index contributed by atoms with van der Waals surface area (Å²) in [5, 5.41) is 2.29. The number of aromatic nitrogens is 1. The lowest BCUT2D eigenvalue weighted by Gasteiger charge is -2.13. The Balaban J connectivity index is 0.000000371. The smallest absolute Gasteiger partial charge is 0.485 e. The number of alkyl halides is 3. The van der Waals surface area contributed by atoms with Crippen LogP contribution in [0.15, 0.2) is 66.7 Å². The highest BCUT2D eigenvalue weighted by Crippen LogP contribution is 2.29. The molecule has 0 aliphatic rings. The summed E-state index contributed by atoms with van der Waals surface area (Å²) in [6.07, 6.45) is 0. The topological polar surface area (TPSA) is 79.5 Å². The maximum absolute atomic E-state index is 13.2. The average Bonchev–Trinajstić information content (AvgIpc) is 2.80. The van der Waals surface area contributed by atoms with Crippen LogP contribution < -0.4 is 14.0 Å². The number of para-hydroxylation sites is 1. The van der Waals surface area contributed by atoms with Crippen LogP contribution in [0, 0.1) is 5.82 Å². The van der Waals surface area contributed by atoms with Gasteiger partial charge in [0.25, 0.3) is 0 Å². The van der Waals surface area contributed by atoms with Crippen molar-refractivity contribution in [2.75, 3.05) is 7.11 Å². The van der Waals surface area contributed by atoms with Gasteiger partial charge in [0.15, 0.2) is 15.2 Å². The summed E-state index contributed by atoms with van der Waals surface area (Å²) in [4.78, 5) is 0. The monoisotopic (exact) mass is 527 g/mol. The summed E-state index contributed by atoms with van der Waals surface area (Å²) in [6, 6.07) is 19.7. The van der Waals surface area contributed by atoms with E-state index in [2.05, 4.69) is 4.57 Å². The van der Waals surface area contributed by atoms with Crippen LogP contribution in [0.5, 0.6) is 11.5 Å². The third-order valence-corrected chi connectivity index (χ3v) is 5.74. The summed E-state index contributed by atoms with van der Waals surface area (Å²) in [7, 11) is -2.43. The Morgan fingerprint density at radius 1 is 0.943 bits per heavy atom. The first kappa shape index (κ1) is 26.3. The summed E-state index contributed by atoms with van der Waals surface area (Å²) >= 11 is 5.64. The molecular formula is C23H17F4NO5S2. The highest BCUT2D eigenvalue weighted by atomic mass is 32.2. The molecule has 12 heteroatoms. The fraction of sp³-hybridized carbons (Fsp3) is 0.130. The van der Waals surface area contributed by atoms with Crippen molar-refractivity contribution in [2.45, 2.75) is 5.51 Å². The van der Waals surface area contributed by atoms with Crippen molar-refractivity contribution in [3.05, 3.63) is 78.1 Å². The zero-order chi connectivity index (χ0) is 26.0. The van der Waals surface area contributed by atoms with Crippen molar-refractivity contribution >= 4 is 49.2 Å². The molecule has 0 spiro atoms. The number of thiocarbonyl (C=S) groups is 1. The largest absolute Gasteiger partial charge is 0.741 e. The van der Waals surface area contributed by atoms with Crippen LogP contribution in [0.1, 0.15) is 5.56 Å². The molecule has 4 aromatic rings. The van der Waals surface area contributed by atoms with Crippen LogP contribution in [0.25, 0.3) is 21.8 Å². The number of methoxy groups -OCH3 is 1. The van der Waals surface area contributed by atoms with Gasteiger partial charge in [-0.1, -0.05) is 12.1 Å². The molecule has 0 bridgehead atoms. The van der Waals surface area contributed by atoms with E-state index in [-0.39, 0.29) is 5.82 Å². The van der Waals surface area contributed by atoms with Crippen LogP contribution >= 0.6 is 12.2 Å². The molecule has 6 nitrogen and oxygen atoms in total. The molecule has 0 aliphatic carbocycles. The van der Waals surface area contributed by atoms with Crippen molar-refractivity contribution in [1.29, 1.82) is 0 Å². The molecule has 0 unspecified atom stereocenters. The standard InChI is InChI=1S/C22H17FNO2S.CHF3O3S/c1-24-19-6-4-3-5-17(19)21(18-12-11-16(25-2)13-20(18)24)22(27)26-15-9-7-14(23)8-10-15;2-1(3,4)8(5,6)7/h3-13H,1-2H3;(H,5,6,7)/q+1;/p-1. The Morgan fingerprint density at radius 2 is 1.49 bits per heavy atom. The van der Waals surface area contributed by atoms with E-state index in [1.54, 1.807) is 19.2 Å². The number of hydrogen-bond acceptors (Lipinski definition) is 6. The second-order valence-corrected chi connectivity index (χ2v) is 8.82. The molecule has 35 heavy (non-hydrogen) atoms. The van der Waals surface area contributed by atoms with E-state index >= 15 is 0 Å². The highest BCUT2D eigenvalue weighted by Gasteiger charge is 2.36. The van der Waals surface area contributed by atoms with Crippen LogP contribution in [0.4, 0.5) is 17.6 Å². The minimum atomic E-state index is -6.09. The lowest BCUT2D eigenvalue weighted by molar-refractivity contribution is -0.617. The van der Waals surface area contributed by atoms with Gasteiger partial charge < -0.3 is 14.0 Å². The van der Waals surface area contributed by atoms with Crippen molar-refractivity contribution in [3.8, 4) is 11.5 Å². The van der Waals surface area contributed by atoms with Crippen molar-refractivity contribution < 1.29 is 44.6 Å². The lowest BCUT2D eigenvalue weighted by Crippen LogP contribution is -2.31. The minimum Gasteiger partial charge on any atom is -0.741 e. The average molecular weight is 528 g/mol.